The molecule has 3 N–H and O–H groups in total. The molecule has 0 bridgehead atoms. The van der Waals surface area contributed by atoms with E-state index >= 15 is 0 Å². The molecule has 0 heterocycles. The zero-order valence-corrected chi connectivity index (χ0v) is 7.68. The predicted octanol–water partition coefficient (Wildman–Crippen LogP) is -0.151. The summed E-state index contributed by atoms with van der Waals surface area (Å²) >= 11 is 0. The molecule has 0 fully saturated rings. The van der Waals surface area contributed by atoms with Gasteiger partial charge < -0.3 is 0 Å². The van der Waals surface area contributed by atoms with Gasteiger partial charge in [-0.1, -0.05) is 0 Å². The molecule has 0 unspecified atom stereocenters. The highest BCUT2D eigenvalue weighted by Gasteiger charge is 2.13. The number of rotatable bonds is 2. The van der Waals surface area contributed by atoms with Gasteiger partial charge in [0.25, 0.3) is 10.0 Å². The normalized spacial score (nSPS) is 10.9. The second-order valence-corrected chi connectivity index (χ2v) is 4.09. The summed E-state index contributed by atoms with van der Waals surface area (Å²) in [5, 5.41) is 8.44. The standard InChI is InChI=1S/C7H6FN3O2S/c8-7-2-1-6(3-5(7)4-9)14(12,13)11-10/h1-3,11H,10H2. The van der Waals surface area contributed by atoms with Crippen LogP contribution in [0.5, 0.6) is 0 Å². The summed E-state index contributed by atoms with van der Waals surface area (Å²) in [5.74, 6) is 3.98. The summed E-state index contributed by atoms with van der Waals surface area (Å²) in [6.45, 7) is 0. The third-order valence-electron chi connectivity index (χ3n) is 1.52. The molecule has 0 atom stereocenters. The van der Waals surface area contributed by atoms with Crippen LogP contribution in [0.1, 0.15) is 5.56 Å². The third kappa shape index (κ3) is 1.88. The van der Waals surface area contributed by atoms with Crippen molar-refractivity contribution in [2.24, 2.45) is 5.84 Å². The van der Waals surface area contributed by atoms with E-state index in [-0.39, 0.29) is 10.5 Å². The van der Waals surface area contributed by atoms with E-state index in [0.717, 1.165) is 18.2 Å². The highest BCUT2D eigenvalue weighted by Crippen LogP contribution is 2.13. The van der Waals surface area contributed by atoms with Crippen LogP contribution in [0, 0.1) is 17.1 Å². The zero-order chi connectivity index (χ0) is 10.8. The predicted molar refractivity (Wildman–Crippen MR) is 45.6 cm³/mol. The van der Waals surface area contributed by atoms with Gasteiger partial charge in [-0.05, 0) is 18.2 Å². The van der Waals surface area contributed by atoms with Crippen molar-refractivity contribution in [3.05, 3.63) is 29.6 Å². The Bertz CT molecular complexity index is 492. The molecule has 0 spiro atoms. The smallest absolute Gasteiger partial charge is 0.253 e. The van der Waals surface area contributed by atoms with E-state index in [1.807, 2.05) is 0 Å². The maximum Gasteiger partial charge on any atom is 0.253 e. The fourth-order valence-electron chi connectivity index (χ4n) is 0.825. The maximum atomic E-state index is 12.8. The maximum absolute atomic E-state index is 12.8. The van der Waals surface area contributed by atoms with Gasteiger partial charge in [-0.25, -0.2) is 12.8 Å². The number of hydrogen-bond acceptors (Lipinski definition) is 4. The lowest BCUT2D eigenvalue weighted by Gasteiger charge is -2.02. The van der Waals surface area contributed by atoms with Crippen LogP contribution in [0.4, 0.5) is 4.39 Å². The molecule has 14 heavy (non-hydrogen) atoms. The molecular formula is C7H6FN3O2S. The quantitative estimate of drug-likeness (QED) is 0.529. The first-order chi connectivity index (χ1) is 6.51. The minimum absolute atomic E-state index is 0.252. The van der Waals surface area contributed by atoms with E-state index in [0.29, 0.717) is 0 Å². The van der Waals surface area contributed by atoms with Crippen molar-refractivity contribution in [1.82, 2.24) is 4.83 Å². The number of nitrogens with one attached hydrogen (secondary N) is 1. The highest BCUT2D eigenvalue weighted by molar-refractivity contribution is 7.89. The van der Waals surface area contributed by atoms with Crippen molar-refractivity contribution in [3.8, 4) is 6.07 Å². The van der Waals surface area contributed by atoms with Crippen LogP contribution in [0.2, 0.25) is 0 Å². The van der Waals surface area contributed by atoms with Crippen molar-refractivity contribution in [3.63, 3.8) is 0 Å². The number of halogens is 1. The van der Waals surface area contributed by atoms with E-state index in [4.69, 9.17) is 11.1 Å². The van der Waals surface area contributed by atoms with E-state index < -0.39 is 15.8 Å². The van der Waals surface area contributed by atoms with E-state index in [9.17, 15) is 12.8 Å². The molecule has 5 nitrogen and oxygen atoms in total. The molecule has 1 rings (SSSR count). The molecule has 0 aliphatic heterocycles. The Morgan fingerprint density at radius 3 is 2.64 bits per heavy atom. The summed E-state index contributed by atoms with van der Waals surface area (Å²) in [6.07, 6.45) is 0. The summed E-state index contributed by atoms with van der Waals surface area (Å²) in [4.78, 5) is 1.32. The second kappa shape index (κ2) is 3.71. The van der Waals surface area contributed by atoms with Gasteiger partial charge in [-0.3, -0.25) is 5.84 Å². The molecule has 0 amide bonds. The van der Waals surface area contributed by atoms with Gasteiger partial charge in [0, 0.05) is 0 Å². The lowest BCUT2D eigenvalue weighted by atomic mass is 10.2. The highest BCUT2D eigenvalue weighted by atomic mass is 32.2. The van der Waals surface area contributed by atoms with Crippen molar-refractivity contribution >= 4 is 10.0 Å². The topological polar surface area (TPSA) is 96.0 Å². The zero-order valence-electron chi connectivity index (χ0n) is 6.86. The Labute approximate surface area is 80.0 Å². The molecule has 1 aromatic carbocycles. The van der Waals surface area contributed by atoms with Crippen LogP contribution in [-0.4, -0.2) is 8.42 Å². The first-order valence-electron chi connectivity index (χ1n) is 3.43. The van der Waals surface area contributed by atoms with Crippen LogP contribution < -0.4 is 10.7 Å². The van der Waals surface area contributed by atoms with Gasteiger partial charge in [0.2, 0.25) is 0 Å². The minimum Gasteiger partial charge on any atom is -0.257 e. The monoisotopic (exact) mass is 215 g/mol. The van der Waals surface area contributed by atoms with Crippen LogP contribution in [0.25, 0.3) is 0 Å². The van der Waals surface area contributed by atoms with Crippen LogP contribution >= 0.6 is 0 Å². The molecule has 0 saturated carbocycles. The second-order valence-electron chi connectivity index (χ2n) is 2.37. The third-order valence-corrected chi connectivity index (χ3v) is 2.71. The first kappa shape index (κ1) is 10.6. The van der Waals surface area contributed by atoms with E-state index in [1.165, 1.54) is 6.07 Å². The Morgan fingerprint density at radius 2 is 2.14 bits per heavy atom. The van der Waals surface area contributed by atoms with Crippen LogP contribution in [0.15, 0.2) is 23.1 Å². The molecule has 7 heteroatoms. The Morgan fingerprint density at radius 1 is 1.50 bits per heavy atom. The average molecular weight is 215 g/mol. The number of nitriles is 1. The number of benzene rings is 1. The summed E-state index contributed by atoms with van der Waals surface area (Å²) in [5.41, 5.74) is -0.346. The van der Waals surface area contributed by atoms with E-state index in [2.05, 4.69) is 0 Å². The fourth-order valence-corrected chi connectivity index (χ4v) is 1.48. The van der Waals surface area contributed by atoms with Crippen molar-refractivity contribution in [1.29, 1.82) is 5.26 Å². The minimum atomic E-state index is -3.84. The molecular weight excluding hydrogens is 209 g/mol. The van der Waals surface area contributed by atoms with Crippen molar-refractivity contribution in [2.45, 2.75) is 4.90 Å². The van der Waals surface area contributed by atoms with Gasteiger partial charge in [0.1, 0.15) is 11.9 Å². The molecule has 1 aromatic rings. The van der Waals surface area contributed by atoms with Gasteiger partial charge in [0.15, 0.2) is 0 Å². The Hall–Kier alpha value is -1.49. The average Bonchev–Trinajstić information content (AvgIpc) is 2.18. The summed E-state index contributed by atoms with van der Waals surface area (Å²) in [7, 11) is -3.84. The summed E-state index contributed by atoms with van der Waals surface area (Å²) < 4.78 is 35.0. The van der Waals surface area contributed by atoms with Gasteiger partial charge in [-0.2, -0.15) is 10.1 Å². The lowest BCUT2D eigenvalue weighted by Crippen LogP contribution is -2.30. The largest absolute Gasteiger partial charge is 0.257 e. The van der Waals surface area contributed by atoms with Crippen LogP contribution in [0.3, 0.4) is 0 Å². The SMILES string of the molecule is N#Cc1cc(S(=O)(=O)NN)ccc1F. The van der Waals surface area contributed by atoms with Gasteiger partial charge in [-0.15, -0.1) is 0 Å². The Kier molecular flexibility index (Phi) is 2.81. The number of nitrogens with zero attached hydrogens (tertiary/aromatic N) is 1. The molecule has 0 aliphatic carbocycles. The van der Waals surface area contributed by atoms with Gasteiger partial charge in [0.05, 0.1) is 10.5 Å². The van der Waals surface area contributed by atoms with Crippen molar-refractivity contribution in [2.75, 3.05) is 0 Å². The molecule has 0 saturated heterocycles. The number of nitrogens with two attached hydrogens (primary N) is 1. The Balaban J connectivity index is 3.36. The van der Waals surface area contributed by atoms with E-state index in [1.54, 1.807) is 4.83 Å². The lowest BCUT2D eigenvalue weighted by molar-refractivity contribution is 0.583. The molecule has 74 valence electrons. The molecule has 0 radical (unpaired) electrons. The van der Waals surface area contributed by atoms with Gasteiger partial charge >= 0.3 is 0 Å². The molecule has 0 aliphatic rings. The fraction of sp³-hybridized carbons (Fsp3) is 0. The first-order valence-corrected chi connectivity index (χ1v) is 4.91. The van der Waals surface area contributed by atoms with Crippen LogP contribution in [-0.2, 0) is 10.0 Å². The molecule has 0 aromatic heterocycles. The number of hydrogen-bond donors (Lipinski definition) is 2. The number of hydrazine groups is 1. The van der Waals surface area contributed by atoms with Crippen molar-refractivity contribution < 1.29 is 12.8 Å². The number of sulfonamides is 1. The summed E-state index contributed by atoms with van der Waals surface area (Å²) in [6, 6.07) is 4.34.